The number of carboxylic acid groups (broad SMARTS) is 1. The number of carboxylic acids is 1. The molecule has 39 heavy (non-hydrogen) atoms. The summed E-state index contributed by atoms with van der Waals surface area (Å²) in [7, 11) is 0. The van der Waals surface area contributed by atoms with Gasteiger partial charge in [0.05, 0.1) is 12.4 Å². The van der Waals surface area contributed by atoms with Crippen molar-refractivity contribution >= 4 is 47.3 Å². The number of carbonyl (C=O) groups is 5. The number of imidazole rings is 1. The molecule has 0 saturated heterocycles. The zero-order chi connectivity index (χ0) is 29.4. The number of nitrogens with two attached hydrogens (primary N) is 4. The van der Waals surface area contributed by atoms with Crippen LogP contribution in [0.15, 0.2) is 17.5 Å². The lowest BCUT2D eigenvalue weighted by molar-refractivity contribution is -0.142. The van der Waals surface area contributed by atoms with Crippen LogP contribution in [0.5, 0.6) is 0 Å². The van der Waals surface area contributed by atoms with E-state index in [0.717, 1.165) is 0 Å². The number of aliphatic imine (C=N–C) groups is 1. The number of rotatable bonds is 19. The van der Waals surface area contributed by atoms with Crippen LogP contribution in [-0.2, 0) is 30.4 Å². The van der Waals surface area contributed by atoms with Crippen molar-refractivity contribution in [3.8, 4) is 0 Å². The number of primary amides is 1. The summed E-state index contributed by atoms with van der Waals surface area (Å²) < 4.78 is 0. The van der Waals surface area contributed by atoms with Crippen LogP contribution >= 0.6 is 11.8 Å². The van der Waals surface area contributed by atoms with E-state index in [-0.39, 0.29) is 51.0 Å². The van der Waals surface area contributed by atoms with Crippen LogP contribution < -0.4 is 38.9 Å². The van der Waals surface area contributed by atoms with Crippen LogP contribution in [0.3, 0.4) is 0 Å². The van der Waals surface area contributed by atoms with Gasteiger partial charge in [-0.2, -0.15) is 11.8 Å². The summed E-state index contributed by atoms with van der Waals surface area (Å²) in [5.41, 5.74) is 22.3. The van der Waals surface area contributed by atoms with Gasteiger partial charge < -0.3 is 49.0 Å². The Morgan fingerprint density at radius 2 is 1.62 bits per heavy atom. The number of aromatic amines is 1. The Balaban J connectivity index is 2.93. The van der Waals surface area contributed by atoms with Crippen molar-refractivity contribution in [3.63, 3.8) is 0 Å². The van der Waals surface area contributed by atoms with Gasteiger partial charge in [0.1, 0.15) is 18.1 Å². The highest BCUT2D eigenvalue weighted by atomic mass is 32.2. The molecular weight excluding hydrogens is 532 g/mol. The van der Waals surface area contributed by atoms with Crippen LogP contribution in [0.25, 0.3) is 0 Å². The van der Waals surface area contributed by atoms with Gasteiger partial charge in [0.2, 0.25) is 23.6 Å². The third kappa shape index (κ3) is 13.5. The van der Waals surface area contributed by atoms with E-state index in [1.165, 1.54) is 24.3 Å². The van der Waals surface area contributed by atoms with Crippen molar-refractivity contribution in [1.82, 2.24) is 25.9 Å². The number of hydrogen-bond acceptors (Lipinski definition) is 9. The molecule has 218 valence electrons. The van der Waals surface area contributed by atoms with Crippen LogP contribution in [0.2, 0.25) is 0 Å². The number of H-pyrrole nitrogens is 1. The van der Waals surface area contributed by atoms with Gasteiger partial charge in [-0.15, -0.1) is 0 Å². The van der Waals surface area contributed by atoms with Gasteiger partial charge >= 0.3 is 5.97 Å². The van der Waals surface area contributed by atoms with E-state index in [4.69, 9.17) is 22.9 Å². The van der Waals surface area contributed by atoms with Crippen LogP contribution in [0.1, 0.15) is 37.8 Å². The highest BCUT2D eigenvalue weighted by Gasteiger charge is 2.30. The zero-order valence-electron chi connectivity index (χ0n) is 21.7. The molecule has 1 aromatic heterocycles. The van der Waals surface area contributed by atoms with Gasteiger partial charge in [-0.25, -0.2) is 9.78 Å². The van der Waals surface area contributed by atoms with Gasteiger partial charge in [0.15, 0.2) is 5.96 Å². The molecule has 4 amide bonds. The average Bonchev–Trinajstić information content (AvgIpc) is 3.38. The first kappa shape index (κ1) is 33.2. The minimum Gasteiger partial charge on any atom is -0.480 e. The van der Waals surface area contributed by atoms with Crippen LogP contribution in [0.4, 0.5) is 0 Å². The van der Waals surface area contributed by atoms with E-state index in [2.05, 4.69) is 30.9 Å². The summed E-state index contributed by atoms with van der Waals surface area (Å²) in [6.45, 7) is 0.179. The predicted molar refractivity (Wildman–Crippen MR) is 145 cm³/mol. The fourth-order valence-corrected chi connectivity index (χ4v) is 3.84. The number of aliphatic carboxylic acids is 1. The zero-order valence-corrected chi connectivity index (χ0v) is 22.5. The van der Waals surface area contributed by atoms with E-state index in [9.17, 15) is 29.1 Å². The fourth-order valence-electron chi connectivity index (χ4n) is 3.37. The van der Waals surface area contributed by atoms with E-state index in [1.54, 1.807) is 6.26 Å². The number of aromatic nitrogens is 2. The summed E-state index contributed by atoms with van der Waals surface area (Å²) in [5, 5.41) is 17.0. The minimum absolute atomic E-state index is 0.0482. The molecule has 0 spiro atoms. The minimum atomic E-state index is -1.26. The Labute approximate surface area is 229 Å². The predicted octanol–water partition coefficient (Wildman–Crippen LogP) is -3.11. The largest absolute Gasteiger partial charge is 0.480 e. The second-order valence-electron chi connectivity index (χ2n) is 8.64. The molecule has 17 heteroatoms. The SMILES string of the molecule is CSCCC(NC(=O)C(CCC(N)=O)NC(=O)C(N)Cc1cnc[nH]1)C(=O)NC(CCCN=C(N)N)C(=O)O. The lowest BCUT2D eigenvalue weighted by atomic mass is 10.1. The second-order valence-corrected chi connectivity index (χ2v) is 9.63. The molecule has 0 aliphatic rings. The van der Waals surface area contributed by atoms with Gasteiger partial charge in [0, 0.05) is 31.3 Å². The molecule has 0 radical (unpaired) electrons. The Bertz CT molecular complexity index is 986. The average molecular weight is 571 g/mol. The molecule has 1 aromatic rings. The standard InChI is InChI=1S/C22H38N10O6S/c1-39-8-6-15(20(36)32-16(21(37)38)3-2-7-28-22(25)26)31-19(35)14(4-5-17(24)33)30-18(34)13(23)9-12-10-27-11-29-12/h10-11,13-16H,2-9,23H2,1H3,(H2,24,33)(H,27,29)(H,30,34)(H,31,35)(H,32,36)(H,37,38)(H4,25,26,28). The molecular formula is C22H38N10O6S. The number of amides is 4. The molecule has 1 rings (SSSR count). The quantitative estimate of drug-likeness (QED) is 0.0455. The molecule has 0 fully saturated rings. The number of hydrogen-bond donors (Lipinski definition) is 9. The van der Waals surface area contributed by atoms with Gasteiger partial charge in [-0.1, -0.05) is 0 Å². The molecule has 0 saturated carbocycles. The molecule has 0 aliphatic heterocycles. The van der Waals surface area contributed by atoms with E-state index < -0.39 is 53.8 Å². The van der Waals surface area contributed by atoms with Gasteiger partial charge in [-0.3, -0.25) is 24.2 Å². The fraction of sp³-hybridized carbons (Fsp3) is 0.591. The van der Waals surface area contributed by atoms with Crippen molar-refractivity contribution < 1.29 is 29.1 Å². The third-order valence-corrected chi connectivity index (χ3v) is 6.09. The first-order chi connectivity index (χ1) is 18.4. The summed E-state index contributed by atoms with van der Waals surface area (Å²) in [6.07, 6.45) is 5.02. The Hall–Kier alpha value is -3.86. The molecule has 4 atom stereocenters. The lowest BCUT2D eigenvalue weighted by Gasteiger charge is -2.25. The maximum atomic E-state index is 13.1. The van der Waals surface area contributed by atoms with Crippen molar-refractivity contribution in [2.24, 2.45) is 27.9 Å². The highest BCUT2D eigenvalue weighted by Crippen LogP contribution is 2.07. The lowest BCUT2D eigenvalue weighted by Crippen LogP contribution is -2.57. The van der Waals surface area contributed by atoms with Crippen LogP contribution in [-0.4, -0.2) is 93.4 Å². The number of nitrogens with zero attached hydrogens (tertiary/aromatic N) is 2. The van der Waals surface area contributed by atoms with Crippen molar-refractivity contribution in [2.45, 2.75) is 62.7 Å². The summed E-state index contributed by atoms with van der Waals surface area (Å²) in [5.74, 6) is -3.75. The second kappa shape index (κ2) is 17.6. The molecule has 4 unspecified atom stereocenters. The summed E-state index contributed by atoms with van der Waals surface area (Å²) >= 11 is 1.42. The van der Waals surface area contributed by atoms with Crippen LogP contribution in [0, 0.1) is 0 Å². The number of guanidine groups is 1. The maximum Gasteiger partial charge on any atom is 0.326 e. The number of carbonyl (C=O) groups excluding carboxylic acids is 4. The Kier molecular flexibility index (Phi) is 15.0. The highest BCUT2D eigenvalue weighted by molar-refractivity contribution is 7.98. The maximum absolute atomic E-state index is 13.1. The smallest absolute Gasteiger partial charge is 0.326 e. The molecule has 0 aliphatic carbocycles. The normalized spacial score (nSPS) is 13.8. The number of nitrogens with one attached hydrogen (secondary N) is 4. The molecule has 0 bridgehead atoms. The van der Waals surface area contributed by atoms with Crippen molar-refractivity contribution in [1.29, 1.82) is 0 Å². The van der Waals surface area contributed by atoms with E-state index >= 15 is 0 Å². The summed E-state index contributed by atoms with van der Waals surface area (Å²) in [4.78, 5) is 72.3. The Morgan fingerprint density at radius 1 is 1.00 bits per heavy atom. The molecule has 16 nitrogen and oxygen atoms in total. The van der Waals surface area contributed by atoms with Crippen molar-refractivity contribution in [2.75, 3.05) is 18.6 Å². The number of thioether (sulfide) groups is 1. The summed E-state index contributed by atoms with van der Waals surface area (Å²) in [6, 6.07) is -4.61. The van der Waals surface area contributed by atoms with E-state index in [0.29, 0.717) is 11.4 Å². The van der Waals surface area contributed by atoms with E-state index in [1.807, 2.05) is 0 Å². The molecule has 1 heterocycles. The monoisotopic (exact) mass is 570 g/mol. The topological polar surface area (TPSA) is 287 Å². The first-order valence-electron chi connectivity index (χ1n) is 12.1. The Morgan fingerprint density at radius 3 is 2.15 bits per heavy atom. The first-order valence-corrected chi connectivity index (χ1v) is 13.5. The molecule has 0 aromatic carbocycles. The third-order valence-electron chi connectivity index (χ3n) is 5.45. The van der Waals surface area contributed by atoms with Crippen molar-refractivity contribution in [3.05, 3.63) is 18.2 Å². The molecule has 13 N–H and O–H groups in total. The van der Waals surface area contributed by atoms with Gasteiger partial charge in [0.25, 0.3) is 0 Å². The van der Waals surface area contributed by atoms with Gasteiger partial charge in [-0.05, 0) is 37.7 Å².